The number of carbonyl (C=O) groups is 3. The van der Waals surface area contributed by atoms with Crippen LogP contribution in [0, 0.1) is 23.2 Å². The van der Waals surface area contributed by atoms with E-state index in [0.29, 0.717) is 12.8 Å². The van der Waals surface area contributed by atoms with Crippen molar-refractivity contribution in [2.24, 2.45) is 23.2 Å². The summed E-state index contributed by atoms with van der Waals surface area (Å²) in [5.74, 6) is -3.52. The predicted molar refractivity (Wildman–Crippen MR) is 109 cm³/mol. The predicted octanol–water partition coefficient (Wildman–Crippen LogP) is 4.65. The van der Waals surface area contributed by atoms with Gasteiger partial charge >= 0.3 is 18.1 Å². The van der Waals surface area contributed by atoms with Crippen LogP contribution in [0.5, 0.6) is 0 Å². The van der Waals surface area contributed by atoms with Gasteiger partial charge in [-0.15, -0.1) is 0 Å². The number of hydrogen-bond donors (Lipinski definition) is 0. The van der Waals surface area contributed by atoms with Gasteiger partial charge in [0.25, 0.3) is 5.92 Å². The van der Waals surface area contributed by atoms with Crippen LogP contribution in [0.2, 0.25) is 0 Å². The molecule has 0 N–H and O–H groups in total. The maximum Gasteiger partial charge on any atom is 0.509 e. The van der Waals surface area contributed by atoms with Gasteiger partial charge in [0, 0.05) is 12.3 Å². The number of alkyl halides is 2. The van der Waals surface area contributed by atoms with Crippen LogP contribution in [-0.2, 0) is 28.5 Å². The van der Waals surface area contributed by atoms with Crippen LogP contribution in [0.1, 0.15) is 72.6 Å². The van der Waals surface area contributed by atoms with E-state index in [0.717, 1.165) is 32.1 Å². The fourth-order valence-corrected chi connectivity index (χ4v) is 5.69. The quantitative estimate of drug-likeness (QED) is 0.385. The molecular formula is C23H34F2O7. The molecule has 0 heterocycles. The fourth-order valence-electron chi connectivity index (χ4n) is 5.69. The second-order valence-electron chi connectivity index (χ2n) is 10.9. The van der Waals surface area contributed by atoms with Gasteiger partial charge in [-0.1, -0.05) is 0 Å². The Balaban J connectivity index is 1.46. The third-order valence-corrected chi connectivity index (χ3v) is 6.49. The van der Waals surface area contributed by atoms with E-state index in [2.05, 4.69) is 4.74 Å². The Morgan fingerprint density at radius 3 is 2.00 bits per heavy atom. The fraction of sp³-hybridized carbons (Fsp3) is 0.870. The Hall–Kier alpha value is -1.93. The molecule has 7 nitrogen and oxygen atoms in total. The molecule has 2 unspecified atom stereocenters. The molecule has 0 aromatic rings. The van der Waals surface area contributed by atoms with Gasteiger partial charge in [-0.25, -0.2) is 13.6 Å². The van der Waals surface area contributed by atoms with Crippen molar-refractivity contribution in [3.8, 4) is 0 Å². The Morgan fingerprint density at radius 2 is 1.47 bits per heavy atom. The molecule has 0 spiro atoms. The van der Waals surface area contributed by atoms with Crippen molar-refractivity contribution in [1.82, 2.24) is 0 Å². The molecular weight excluding hydrogens is 426 g/mol. The van der Waals surface area contributed by atoms with E-state index in [4.69, 9.17) is 14.2 Å². The third kappa shape index (κ3) is 6.78. The van der Waals surface area contributed by atoms with Gasteiger partial charge in [0.05, 0.1) is 19.4 Å². The molecule has 4 fully saturated rings. The van der Waals surface area contributed by atoms with Crippen LogP contribution in [0.25, 0.3) is 0 Å². The summed E-state index contributed by atoms with van der Waals surface area (Å²) < 4.78 is 46.4. The van der Waals surface area contributed by atoms with Crippen LogP contribution >= 0.6 is 0 Å². The first-order chi connectivity index (χ1) is 14.7. The van der Waals surface area contributed by atoms with Crippen LogP contribution in [0.15, 0.2) is 0 Å². The first-order valence-corrected chi connectivity index (χ1v) is 11.3. The lowest BCUT2D eigenvalue weighted by molar-refractivity contribution is -0.176. The number of rotatable bonds is 8. The second-order valence-corrected chi connectivity index (χ2v) is 10.9. The summed E-state index contributed by atoms with van der Waals surface area (Å²) in [5.41, 5.74) is -0.743. The number of carbonyl (C=O) groups excluding carboxylic acids is 3. The van der Waals surface area contributed by atoms with Crippen molar-refractivity contribution in [3.05, 3.63) is 0 Å². The summed E-state index contributed by atoms with van der Waals surface area (Å²) in [6.07, 6.45) is 3.29. The lowest BCUT2D eigenvalue weighted by Crippen LogP contribution is -2.56. The highest BCUT2D eigenvalue weighted by atomic mass is 19.3. The van der Waals surface area contributed by atoms with Gasteiger partial charge in [0.15, 0.2) is 6.61 Å². The molecule has 0 amide bonds. The summed E-state index contributed by atoms with van der Waals surface area (Å²) in [4.78, 5) is 35.8. The third-order valence-electron chi connectivity index (χ3n) is 6.49. The van der Waals surface area contributed by atoms with E-state index < -0.39 is 36.2 Å². The van der Waals surface area contributed by atoms with E-state index in [9.17, 15) is 23.2 Å². The SMILES string of the molecule is CC(F)(F)COC(=O)CCC(=O)OCC12CC3CC(C1)C(OC(=O)OC(C)(C)C)C(C3)C2. The monoisotopic (exact) mass is 460 g/mol. The molecule has 4 bridgehead atoms. The molecule has 182 valence electrons. The zero-order chi connectivity index (χ0) is 23.7. The van der Waals surface area contributed by atoms with Crippen LogP contribution in [0.4, 0.5) is 13.6 Å². The van der Waals surface area contributed by atoms with Crippen molar-refractivity contribution in [2.45, 2.75) is 90.3 Å². The Morgan fingerprint density at radius 1 is 0.906 bits per heavy atom. The minimum absolute atomic E-state index is 0.134. The highest BCUT2D eigenvalue weighted by Gasteiger charge is 2.57. The molecule has 0 aliphatic heterocycles. The molecule has 4 aliphatic carbocycles. The van der Waals surface area contributed by atoms with Crippen molar-refractivity contribution in [1.29, 1.82) is 0 Å². The first-order valence-electron chi connectivity index (χ1n) is 11.3. The summed E-state index contributed by atoms with van der Waals surface area (Å²) in [6.45, 7) is 5.31. The van der Waals surface area contributed by atoms with Gasteiger partial charge in [-0.05, 0) is 70.6 Å². The lowest BCUT2D eigenvalue weighted by atomic mass is 9.49. The van der Waals surface area contributed by atoms with E-state index >= 15 is 0 Å². The summed E-state index contributed by atoms with van der Waals surface area (Å²) in [7, 11) is 0. The van der Waals surface area contributed by atoms with E-state index in [1.54, 1.807) is 20.8 Å². The molecule has 0 aromatic carbocycles. The summed E-state index contributed by atoms with van der Waals surface area (Å²) >= 11 is 0. The standard InChI is InChI=1S/C23H34F2O7/c1-21(2,3)32-20(28)31-19-15-7-14-8-16(19)11-23(9-14,10-15)13-30-18(27)6-5-17(26)29-12-22(4,24)25/h14-16,19H,5-13H2,1-4H3. The summed E-state index contributed by atoms with van der Waals surface area (Å²) in [5, 5.41) is 0. The minimum atomic E-state index is -3.10. The maximum atomic E-state index is 12.7. The average Bonchev–Trinajstić information content (AvgIpc) is 2.63. The zero-order valence-electron chi connectivity index (χ0n) is 19.3. The van der Waals surface area contributed by atoms with Crippen LogP contribution in [-0.4, -0.2) is 48.9 Å². The molecule has 4 rings (SSSR count). The maximum absolute atomic E-state index is 12.7. The smallest absolute Gasteiger partial charge is 0.465 e. The Kier molecular flexibility index (Phi) is 7.05. The molecule has 4 aliphatic rings. The topological polar surface area (TPSA) is 88.1 Å². The average molecular weight is 461 g/mol. The first kappa shape index (κ1) is 24.7. The van der Waals surface area contributed by atoms with E-state index in [-0.39, 0.29) is 42.8 Å². The Labute approximate surface area is 187 Å². The highest BCUT2D eigenvalue weighted by molar-refractivity contribution is 5.77. The number of esters is 2. The Bertz CT molecular complexity index is 709. The molecule has 32 heavy (non-hydrogen) atoms. The van der Waals surface area contributed by atoms with Crippen molar-refractivity contribution >= 4 is 18.1 Å². The second kappa shape index (κ2) is 9.14. The van der Waals surface area contributed by atoms with Crippen molar-refractivity contribution < 1.29 is 42.1 Å². The van der Waals surface area contributed by atoms with E-state index in [1.165, 1.54) is 0 Å². The lowest BCUT2D eigenvalue weighted by Gasteiger charge is -2.58. The number of hydrogen-bond acceptors (Lipinski definition) is 7. The molecule has 0 saturated heterocycles. The van der Waals surface area contributed by atoms with Crippen molar-refractivity contribution in [3.63, 3.8) is 0 Å². The van der Waals surface area contributed by atoms with Gasteiger partial charge < -0.3 is 18.9 Å². The largest absolute Gasteiger partial charge is 0.509 e. The molecule has 4 saturated carbocycles. The number of halogens is 2. The molecule has 0 aromatic heterocycles. The molecule has 2 atom stereocenters. The zero-order valence-corrected chi connectivity index (χ0v) is 19.3. The normalized spacial score (nSPS) is 31.2. The van der Waals surface area contributed by atoms with Crippen LogP contribution < -0.4 is 0 Å². The highest BCUT2D eigenvalue weighted by Crippen LogP contribution is 2.60. The number of ether oxygens (including phenoxy) is 4. The molecule has 9 heteroatoms. The van der Waals surface area contributed by atoms with Crippen LogP contribution in [0.3, 0.4) is 0 Å². The van der Waals surface area contributed by atoms with Crippen molar-refractivity contribution in [2.75, 3.05) is 13.2 Å². The van der Waals surface area contributed by atoms with Gasteiger partial charge in [0.2, 0.25) is 0 Å². The van der Waals surface area contributed by atoms with E-state index in [1.807, 2.05) is 0 Å². The van der Waals surface area contributed by atoms with Gasteiger partial charge in [0.1, 0.15) is 11.7 Å². The minimum Gasteiger partial charge on any atom is -0.465 e. The molecule has 0 radical (unpaired) electrons. The summed E-state index contributed by atoms with van der Waals surface area (Å²) in [6, 6.07) is 0. The van der Waals surface area contributed by atoms with Gasteiger partial charge in [-0.3, -0.25) is 9.59 Å². The van der Waals surface area contributed by atoms with Gasteiger partial charge in [-0.2, -0.15) is 0 Å².